The summed E-state index contributed by atoms with van der Waals surface area (Å²) in [6.45, 7) is 8.56. The highest BCUT2D eigenvalue weighted by Crippen LogP contribution is 2.43. The van der Waals surface area contributed by atoms with Crippen molar-refractivity contribution in [1.29, 1.82) is 0 Å². The highest BCUT2D eigenvalue weighted by Gasteiger charge is 2.35. The molecule has 1 N–H and O–H groups in total. The molecule has 26 heavy (non-hydrogen) atoms. The van der Waals surface area contributed by atoms with E-state index in [0.29, 0.717) is 4.90 Å². The van der Waals surface area contributed by atoms with Crippen LogP contribution in [0.25, 0.3) is 0 Å². The summed E-state index contributed by atoms with van der Waals surface area (Å²) >= 11 is 1.65. The van der Waals surface area contributed by atoms with Gasteiger partial charge in [-0.2, -0.15) is 0 Å². The van der Waals surface area contributed by atoms with E-state index in [1.165, 1.54) is 0 Å². The normalized spacial score (nSPS) is 16.0. The van der Waals surface area contributed by atoms with Crippen LogP contribution in [-0.4, -0.2) is 46.5 Å². The lowest BCUT2D eigenvalue weighted by Gasteiger charge is -2.30. The maximum absolute atomic E-state index is 12.4. The monoisotopic (exact) mass is 377 g/mol. The van der Waals surface area contributed by atoms with Gasteiger partial charge in [0.2, 0.25) is 0 Å². The summed E-state index contributed by atoms with van der Waals surface area (Å²) in [6.07, 6.45) is -1.18. The third-order valence-electron chi connectivity index (χ3n) is 4.43. The van der Waals surface area contributed by atoms with E-state index in [1.807, 2.05) is 18.2 Å². The number of benzene rings is 1. The van der Waals surface area contributed by atoms with Gasteiger partial charge < -0.3 is 14.7 Å². The molecule has 0 fully saturated rings. The lowest BCUT2D eigenvalue weighted by Crippen LogP contribution is -2.44. The number of anilines is 1. The Kier molecular flexibility index (Phi) is 4.88. The van der Waals surface area contributed by atoms with Crippen LogP contribution < -0.4 is 4.90 Å². The fraction of sp³-hybridized carbons (Fsp3) is 0.500. The molecule has 0 saturated heterocycles. The molecule has 2 aliphatic heterocycles. The van der Waals surface area contributed by atoms with Gasteiger partial charge in [0.05, 0.1) is 5.69 Å². The number of fused-ring (bicyclic) bond motifs is 3. The number of rotatable bonds is 3. The van der Waals surface area contributed by atoms with E-state index in [1.54, 1.807) is 39.5 Å². The Bertz CT molecular complexity index is 776. The summed E-state index contributed by atoms with van der Waals surface area (Å²) in [5.41, 5.74) is 0.912. The zero-order valence-electron chi connectivity index (χ0n) is 15.4. The number of aliphatic imine (C=N–C) groups is 1. The first kappa shape index (κ1) is 18.6. The predicted octanol–water partition coefficient (Wildman–Crippen LogP) is 4.12. The van der Waals surface area contributed by atoms with Crippen LogP contribution in [0, 0.1) is 0 Å². The Balaban J connectivity index is 1.85. The van der Waals surface area contributed by atoms with Crippen LogP contribution >= 0.6 is 11.8 Å². The summed E-state index contributed by atoms with van der Waals surface area (Å²) in [5.74, 6) is 0. The maximum atomic E-state index is 12.4. The highest BCUT2D eigenvalue weighted by molar-refractivity contribution is 8.14. The summed E-state index contributed by atoms with van der Waals surface area (Å²) in [7, 11) is 0. The van der Waals surface area contributed by atoms with Crippen molar-refractivity contribution in [2.75, 3.05) is 18.0 Å². The summed E-state index contributed by atoms with van der Waals surface area (Å²) in [4.78, 5) is 32.2. The van der Waals surface area contributed by atoms with Crippen LogP contribution in [0.15, 0.2) is 28.1 Å². The molecule has 0 radical (unpaired) electrons. The topological polar surface area (TPSA) is 82.4 Å². The Morgan fingerprint density at radius 2 is 2.12 bits per heavy atom. The molecule has 3 rings (SSSR count). The number of nitrogens with zero attached hydrogens (tertiary/aromatic N) is 3. The predicted molar refractivity (Wildman–Crippen MR) is 101 cm³/mol. The molecule has 2 aliphatic rings. The minimum atomic E-state index is -1.32. The zero-order valence-corrected chi connectivity index (χ0v) is 16.2. The van der Waals surface area contributed by atoms with Crippen LogP contribution in [0.4, 0.5) is 15.3 Å². The third kappa shape index (κ3) is 3.38. The molecule has 1 aromatic rings. The van der Waals surface area contributed by atoms with Gasteiger partial charge >= 0.3 is 12.2 Å². The molecule has 1 aromatic carbocycles. The minimum absolute atomic E-state index is 0.501. The molecule has 0 unspecified atom stereocenters. The van der Waals surface area contributed by atoms with E-state index in [9.17, 15) is 14.7 Å². The molecule has 0 bridgehead atoms. The van der Waals surface area contributed by atoms with Gasteiger partial charge in [-0.3, -0.25) is 4.99 Å². The van der Waals surface area contributed by atoms with Crippen molar-refractivity contribution < 1.29 is 19.4 Å². The molecule has 0 aliphatic carbocycles. The van der Waals surface area contributed by atoms with E-state index < -0.39 is 23.8 Å². The van der Waals surface area contributed by atoms with E-state index in [0.717, 1.165) is 40.8 Å². The van der Waals surface area contributed by atoms with Crippen LogP contribution in [0.1, 0.15) is 39.7 Å². The highest BCUT2D eigenvalue weighted by atomic mass is 32.2. The number of imide groups is 1. The number of amidine groups is 1. The second-order valence-electron chi connectivity index (χ2n) is 7.08. The lowest BCUT2D eigenvalue weighted by atomic mass is 9.97. The van der Waals surface area contributed by atoms with Crippen molar-refractivity contribution in [1.82, 2.24) is 4.90 Å². The summed E-state index contributed by atoms with van der Waals surface area (Å²) in [5, 5.41) is 10.2. The summed E-state index contributed by atoms with van der Waals surface area (Å²) < 4.78 is 5.56. The van der Waals surface area contributed by atoms with Crippen LogP contribution in [0.2, 0.25) is 0 Å². The zero-order chi connectivity index (χ0) is 19.1. The number of amides is 2. The van der Waals surface area contributed by atoms with Gasteiger partial charge in [-0.25, -0.2) is 14.5 Å². The van der Waals surface area contributed by atoms with Crippen LogP contribution in [0.5, 0.6) is 0 Å². The number of hydrogen-bond acceptors (Lipinski definition) is 6. The number of thioether (sulfide) groups is 1. The third-order valence-corrected chi connectivity index (χ3v) is 5.52. The fourth-order valence-corrected chi connectivity index (χ4v) is 4.08. The minimum Gasteiger partial charge on any atom is -0.465 e. The number of carboxylic acid groups (broad SMARTS) is 1. The molecule has 8 heteroatoms. The van der Waals surface area contributed by atoms with Gasteiger partial charge in [0.25, 0.3) is 0 Å². The van der Waals surface area contributed by atoms with Crippen molar-refractivity contribution in [2.45, 2.75) is 50.7 Å². The van der Waals surface area contributed by atoms with E-state index in [2.05, 4.69) is 9.89 Å². The van der Waals surface area contributed by atoms with Crippen LogP contribution in [-0.2, 0) is 10.3 Å². The number of carbonyl (C=O) groups is 2. The quantitative estimate of drug-likeness (QED) is 0.853. The molecule has 0 atom stereocenters. The molecule has 2 heterocycles. The van der Waals surface area contributed by atoms with Crippen molar-refractivity contribution in [2.24, 2.45) is 4.99 Å². The lowest BCUT2D eigenvalue weighted by molar-refractivity contribution is 0.00863. The SMILES string of the molecule is CC(C)N(C(=O)O)C(=O)OC(C)(C)c1ccc2c(c1)N1CCCN=C1S2. The van der Waals surface area contributed by atoms with Gasteiger partial charge in [0.1, 0.15) is 5.60 Å². The van der Waals surface area contributed by atoms with E-state index >= 15 is 0 Å². The molecule has 0 saturated carbocycles. The Labute approximate surface area is 157 Å². The molecule has 0 aromatic heterocycles. The molecule has 2 amide bonds. The van der Waals surface area contributed by atoms with Crippen LogP contribution in [0.3, 0.4) is 0 Å². The molecular formula is C18H23N3O4S. The van der Waals surface area contributed by atoms with Crippen molar-refractivity contribution in [3.63, 3.8) is 0 Å². The van der Waals surface area contributed by atoms with Gasteiger partial charge in [0, 0.05) is 24.0 Å². The van der Waals surface area contributed by atoms with Crippen molar-refractivity contribution >= 4 is 34.8 Å². The van der Waals surface area contributed by atoms with Gasteiger partial charge in [-0.05, 0) is 63.6 Å². The number of ether oxygens (including phenoxy) is 1. The largest absolute Gasteiger partial charge is 0.465 e. The average molecular weight is 377 g/mol. The second kappa shape index (κ2) is 6.83. The standard InChI is InChI=1S/C18H23N3O4S/c1-11(2)21(16(22)23)17(24)25-18(3,4)12-6-7-14-13(10-12)20-9-5-8-19-15(20)26-14/h6-7,10-11H,5,8-9H2,1-4H3,(H,22,23). The molecular weight excluding hydrogens is 354 g/mol. The Morgan fingerprint density at radius 1 is 1.38 bits per heavy atom. The van der Waals surface area contributed by atoms with E-state index in [-0.39, 0.29) is 0 Å². The smallest absolute Gasteiger partial charge is 0.420 e. The molecule has 7 nitrogen and oxygen atoms in total. The van der Waals surface area contributed by atoms with E-state index in [4.69, 9.17) is 4.74 Å². The first-order chi connectivity index (χ1) is 12.2. The first-order valence-electron chi connectivity index (χ1n) is 8.60. The molecule has 140 valence electrons. The number of carbonyl (C=O) groups excluding carboxylic acids is 1. The molecule has 0 spiro atoms. The number of hydrogen-bond donors (Lipinski definition) is 1. The average Bonchev–Trinajstić information content (AvgIpc) is 2.91. The van der Waals surface area contributed by atoms with Crippen molar-refractivity contribution in [3.05, 3.63) is 23.8 Å². The summed E-state index contributed by atoms with van der Waals surface area (Å²) in [6, 6.07) is 5.42. The fourth-order valence-electron chi connectivity index (χ4n) is 3.02. The van der Waals surface area contributed by atoms with Crippen molar-refractivity contribution in [3.8, 4) is 0 Å². The Morgan fingerprint density at radius 3 is 2.77 bits per heavy atom. The first-order valence-corrected chi connectivity index (χ1v) is 9.42. The Hall–Kier alpha value is -2.22. The van der Waals surface area contributed by atoms with Gasteiger partial charge in [0.15, 0.2) is 5.17 Å². The van der Waals surface area contributed by atoms with Gasteiger partial charge in [-0.15, -0.1) is 0 Å². The maximum Gasteiger partial charge on any atom is 0.420 e. The van der Waals surface area contributed by atoms with Gasteiger partial charge in [-0.1, -0.05) is 6.07 Å². The second-order valence-corrected chi connectivity index (χ2v) is 8.09.